The zero-order valence-corrected chi connectivity index (χ0v) is 14.1. The van der Waals surface area contributed by atoms with Crippen LogP contribution in [0.2, 0.25) is 0 Å². The summed E-state index contributed by atoms with van der Waals surface area (Å²) in [5.74, 6) is 0.583. The van der Waals surface area contributed by atoms with E-state index in [1.54, 1.807) is 0 Å². The van der Waals surface area contributed by atoms with Crippen LogP contribution in [0, 0.1) is 0 Å². The number of nitrogens with zero attached hydrogens (tertiary/aromatic N) is 1. The lowest BCUT2D eigenvalue weighted by atomic mass is 9.92. The zero-order chi connectivity index (χ0) is 14.2. The predicted molar refractivity (Wildman–Crippen MR) is 84.4 cm³/mol. The molecule has 1 N–H and O–H groups in total. The van der Waals surface area contributed by atoms with Gasteiger partial charge in [-0.15, -0.1) is 0 Å². The summed E-state index contributed by atoms with van der Waals surface area (Å²) >= 11 is 6.74. The average molecular weight is 386 g/mol. The largest absolute Gasteiger partial charge is 0.306 e. The second kappa shape index (κ2) is 5.21. The minimum absolute atomic E-state index is 0.157. The number of benzene rings is 1. The van der Waals surface area contributed by atoms with E-state index < -0.39 is 0 Å². The molecule has 100 valence electrons. The fourth-order valence-electron chi connectivity index (χ4n) is 1.73. The fraction of sp³-hybridized carbons (Fsp3) is 0.286. The molecule has 1 heterocycles. The minimum atomic E-state index is -0.201. The lowest BCUT2D eigenvalue weighted by Gasteiger charge is -2.19. The number of aromatic amines is 1. The quantitative estimate of drug-likeness (QED) is 0.797. The third kappa shape index (κ3) is 3.15. The van der Waals surface area contributed by atoms with E-state index in [1.165, 1.54) is 0 Å². The third-order valence-corrected chi connectivity index (χ3v) is 3.90. The SMILES string of the molecule is CC(C)(C)c1nc(-c2cccc(Br)c2)[nH]c(=O)c1Br. The van der Waals surface area contributed by atoms with Gasteiger partial charge in [-0.1, -0.05) is 48.8 Å². The van der Waals surface area contributed by atoms with Crippen molar-refractivity contribution in [1.82, 2.24) is 9.97 Å². The van der Waals surface area contributed by atoms with E-state index in [1.807, 2.05) is 45.0 Å². The lowest BCUT2D eigenvalue weighted by Crippen LogP contribution is -2.22. The molecule has 2 aromatic rings. The Bertz CT molecular complexity index is 672. The maximum atomic E-state index is 12.0. The van der Waals surface area contributed by atoms with Crippen LogP contribution < -0.4 is 5.56 Å². The maximum Gasteiger partial charge on any atom is 0.265 e. The number of H-pyrrole nitrogens is 1. The van der Waals surface area contributed by atoms with Gasteiger partial charge in [-0.05, 0) is 28.1 Å². The number of halogens is 2. The van der Waals surface area contributed by atoms with Crippen LogP contribution in [-0.4, -0.2) is 9.97 Å². The summed E-state index contributed by atoms with van der Waals surface area (Å²) in [4.78, 5) is 19.4. The Kier molecular flexibility index (Phi) is 3.97. The first-order valence-electron chi connectivity index (χ1n) is 5.85. The molecular formula is C14H14Br2N2O. The molecule has 0 aliphatic heterocycles. The van der Waals surface area contributed by atoms with Crippen molar-refractivity contribution in [3.05, 3.63) is 49.3 Å². The summed E-state index contributed by atoms with van der Waals surface area (Å²) < 4.78 is 1.45. The first-order valence-corrected chi connectivity index (χ1v) is 7.44. The molecule has 0 amide bonds. The van der Waals surface area contributed by atoms with Crippen LogP contribution in [0.3, 0.4) is 0 Å². The molecule has 19 heavy (non-hydrogen) atoms. The van der Waals surface area contributed by atoms with Gasteiger partial charge in [-0.3, -0.25) is 4.79 Å². The molecule has 3 nitrogen and oxygen atoms in total. The van der Waals surface area contributed by atoms with Gasteiger partial charge in [0.1, 0.15) is 10.3 Å². The smallest absolute Gasteiger partial charge is 0.265 e. The highest BCUT2D eigenvalue weighted by molar-refractivity contribution is 9.10. The number of rotatable bonds is 1. The van der Waals surface area contributed by atoms with Gasteiger partial charge in [0, 0.05) is 15.5 Å². The van der Waals surface area contributed by atoms with E-state index >= 15 is 0 Å². The topological polar surface area (TPSA) is 45.8 Å². The molecule has 0 radical (unpaired) electrons. The normalized spacial score (nSPS) is 11.6. The third-order valence-electron chi connectivity index (χ3n) is 2.67. The number of nitrogens with one attached hydrogen (secondary N) is 1. The van der Waals surface area contributed by atoms with Gasteiger partial charge in [-0.25, -0.2) is 4.98 Å². The Labute approximate surface area is 128 Å². The van der Waals surface area contributed by atoms with E-state index in [-0.39, 0.29) is 11.0 Å². The van der Waals surface area contributed by atoms with Gasteiger partial charge in [-0.2, -0.15) is 0 Å². The molecule has 1 aromatic heterocycles. The minimum Gasteiger partial charge on any atom is -0.306 e. The highest BCUT2D eigenvalue weighted by atomic mass is 79.9. The molecule has 0 saturated carbocycles. The molecule has 0 saturated heterocycles. The molecule has 0 fully saturated rings. The Morgan fingerprint density at radius 3 is 2.47 bits per heavy atom. The summed E-state index contributed by atoms with van der Waals surface area (Å²) in [5.41, 5.74) is 1.28. The van der Waals surface area contributed by atoms with Gasteiger partial charge >= 0.3 is 0 Å². The molecular weight excluding hydrogens is 372 g/mol. The molecule has 0 atom stereocenters. The maximum absolute atomic E-state index is 12.0. The van der Waals surface area contributed by atoms with Gasteiger partial charge in [0.15, 0.2) is 0 Å². The standard InChI is InChI=1S/C14H14Br2N2O/c1-14(2,3)11-10(16)13(19)18-12(17-11)8-5-4-6-9(15)7-8/h4-7H,1-3H3,(H,17,18,19). The summed E-state index contributed by atoms with van der Waals surface area (Å²) in [7, 11) is 0. The highest BCUT2D eigenvalue weighted by Crippen LogP contribution is 2.27. The van der Waals surface area contributed by atoms with E-state index in [0.29, 0.717) is 10.3 Å². The van der Waals surface area contributed by atoms with Crippen molar-refractivity contribution in [2.75, 3.05) is 0 Å². The van der Waals surface area contributed by atoms with Crippen molar-refractivity contribution in [3.8, 4) is 11.4 Å². The lowest BCUT2D eigenvalue weighted by molar-refractivity contribution is 0.562. The van der Waals surface area contributed by atoms with Crippen molar-refractivity contribution < 1.29 is 0 Å². The van der Waals surface area contributed by atoms with Gasteiger partial charge in [0.05, 0.1) is 5.69 Å². The van der Waals surface area contributed by atoms with E-state index in [4.69, 9.17) is 0 Å². The van der Waals surface area contributed by atoms with Gasteiger partial charge in [0.2, 0.25) is 0 Å². The monoisotopic (exact) mass is 384 g/mol. The van der Waals surface area contributed by atoms with Gasteiger partial charge < -0.3 is 4.98 Å². The summed E-state index contributed by atoms with van der Waals surface area (Å²) in [6.45, 7) is 6.10. The summed E-state index contributed by atoms with van der Waals surface area (Å²) in [6.07, 6.45) is 0. The fourth-order valence-corrected chi connectivity index (χ4v) is 2.91. The Morgan fingerprint density at radius 1 is 1.21 bits per heavy atom. The van der Waals surface area contributed by atoms with Crippen molar-refractivity contribution in [2.24, 2.45) is 0 Å². The molecule has 0 aliphatic carbocycles. The first kappa shape index (κ1) is 14.5. The Morgan fingerprint density at radius 2 is 1.89 bits per heavy atom. The number of hydrogen-bond acceptors (Lipinski definition) is 2. The highest BCUT2D eigenvalue weighted by Gasteiger charge is 2.22. The second-order valence-electron chi connectivity index (χ2n) is 5.34. The second-order valence-corrected chi connectivity index (χ2v) is 7.05. The number of hydrogen-bond donors (Lipinski definition) is 1. The van der Waals surface area contributed by atoms with Crippen LogP contribution >= 0.6 is 31.9 Å². The van der Waals surface area contributed by atoms with Crippen molar-refractivity contribution in [1.29, 1.82) is 0 Å². The van der Waals surface area contributed by atoms with E-state index in [0.717, 1.165) is 15.7 Å². The Balaban J connectivity index is 2.67. The number of aromatic nitrogens is 2. The first-order chi connectivity index (χ1) is 8.79. The zero-order valence-electron chi connectivity index (χ0n) is 10.9. The average Bonchev–Trinajstić information content (AvgIpc) is 2.31. The predicted octanol–water partition coefficient (Wildman–Crippen LogP) is 4.26. The van der Waals surface area contributed by atoms with Crippen LogP contribution in [0.25, 0.3) is 11.4 Å². The molecule has 1 aromatic carbocycles. The summed E-state index contributed by atoms with van der Waals surface area (Å²) in [5, 5.41) is 0. The van der Waals surface area contributed by atoms with Crippen LogP contribution in [0.5, 0.6) is 0 Å². The van der Waals surface area contributed by atoms with E-state index in [2.05, 4.69) is 41.8 Å². The van der Waals surface area contributed by atoms with Crippen LogP contribution in [0.4, 0.5) is 0 Å². The molecule has 0 spiro atoms. The van der Waals surface area contributed by atoms with Crippen molar-refractivity contribution in [2.45, 2.75) is 26.2 Å². The molecule has 5 heteroatoms. The summed E-state index contributed by atoms with van der Waals surface area (Å²) in [6, 6.07) is 7.70. The van der Waals surface area contributed by atoms with Crippen molar-refractivity contribution >= 4 is 31.9 Å². The molecule has 0 unspecified atom stereocenters. The Hall–Kier alpha value is -0.940. The molecule has 2 rings (SSSR count). The molecule has 0 aliphatic rings. The molecule has 0 bridgehead atoms. The van der Waals surface area contributed by atoms with Gasteiger partial charge in [0.25, 0.3) is 5.56 Å². The van der Waals surface area contributed by atoms with E-state index in [9.17, 15) is 4.79 Å². The van der Waals surface area contributed by atoms with Crippen LogP contribution in [0.15, 0.2) is 38.0 Å². The van der Waals surface area contributed by atoms with Crippen molar-refractivity contribution in [3.63, 3.8) is 0 Å². The van der Waals surface area contributed by atoms with Crippen LogP contribution in [-0.2, 0) is 5.41 Å². The van der Waals surface area contributed by atoms with Crippen LogP contribution in [0.1, 0.15) is 26.5 Å².